The van der Waals surface area contributed by atoms with Crippen molar-refractivity contribution >= 4 is 11.8 Å². The zero-order valence-corrected chi connectivity index (χ0v) is 21.6. The first kappa shape index (κ1) is 31.1. The van der Waals surface area contributed by atoms with Gasteiger partial charge in [0.2, 0.25) is 0 Å². The van der Waals surface area contributed by atoms with E-state index in [1.807, 2.05) is 0 Å². The van der Waals surface area contributed by atoms with E-state index in [1.165, 1.54) is 89.9 Å². The molecule has 0 aliphatic heterocycles. The molecule has 0 saturated heterocycles. The van der Waals surface area contributed by atoms with Gasteiger partial charge in [-0.05, 0) is 12.8 Å². The van der Waals surface area contributed by atoms with Crippen molar-refractivity contribution in [2.45, 2.75) is 149 Å². The number of hydrogen-bond donors (Lipinski definition) is 0. The third-order valence-corrected chi connectivity index (χ3v) is 6.05. The second-order valence-electron chi connectivity index (χ2n) is 9.32. The lowest BCUT2D eigenvalue weighted by atomic mass is 10.0. The molecular formula is C28H54O4. The van der Waals surface area contributed by atoms with Crippen molar-refractivity contribution in [3.8, 4) is 0 Å². The molecule has 0 unspecified atom stereocenters. The lowest BCUT2D eigenvalue weighted by Gasteiger charge is -2.06. The summed E-state index contributed by atoms with van der Waals surface area (Å²) in [6.07, 6.45) is 25.6. The number of Topliss-reactive ketones (excluding diaryl/α,β-unsaturated/α-hetero) is 1. The Morgan fingerprint density at radius 2 is 0.906 bits per heavy atom. The van der Waals surface area contributed by atoms with Gasteiger partial charge in [0, 0.05) is 12.8 Å². The summed E-state index contributed by atoms with van der Waals surface area (Å²) in [7, 11) is 0. The van der Waals surface area contributed by atoms with Crippen molar-refractivity contribution < 1.29 is 19.1 Å². The van der Waals surface area contributed by atoms with E-state index in [4.69, 9.17) is 9.47 Å². The van der Waals surface area contributed by atoms with Crippen molar-refractivity contribution in [2.24, 2.45) is 0 Å². The van der Waals surface area contributed by atoms with Crippen molar-refractivity contribution in [3.63, 3.8) is 0 Å². The molecule has 0 spiro atoms. The molecule has 0 fully saturated rings. The van der Waals surface area contributed by atoms with E-state index in [1.54, 1.807) is 0 Å². The third-order valence-electron chi connectivity index (χ3n) is 6.05. The SMILES string of the molecule is CCCCCCCCCCCCCCCCCCC(=O)COCCOC(=O)CCCCC. The molecule has 0 atom stereocenters. The number of unbranched alkanes of at least 4 members (excludes halogenated alkanes) is 17. The van der Waals surface area contributed by atoms with Crippen LogP contribution in [-0.4, -0.2) is 31.6 Å². The lowest BCUT2D eigenvalue weighted by Crippen LogP contribution is -2.14. The van der Waals surface area contributed by atoms with Gasteiger partial charge in [0.15, 0.2) is 5.78 Å². The quantitative estimate of drug-likeness (QED) is 0.0973. The number of carbonyl (C=O) groups is 2. The highest BCUT2D eigenvalue weighted by Crippen LogP contribution is 2.14. The molecule has 0 rings (SSSR count). The minimum Gasteiger partial charge on any atom is -0.463 e. The van der Waals surface area contributed by atoms with E-state index in [2.05, 4.69) is 13.8 Å². The molecule has 0 aliphatic carbocycles. The van der Waals surface area contributed by atoms with Crippen LogP contribution in [0.3, 0.4) is 0 Å². The van der Waals surface area contributed by atoms with Crippen molar-refractivity contribution in [2.75, 3.05) is 19.8 Å². The summed E-state index contributed by atoms with van der Waals surface area (Å²) >= 11 is 0. The number of rotatable bonds is 26. The van der Waals surface area contributed by atoms with E-state index in [9.17, 15) is 9.59 Å². The molecule has 0 aromatic rings. The largest absolute Gasteiger partial charge is 0.463 e. The van der Waals surface area contributed by atoms with Gasteiger partial charge in [-0.2, -0.15) is 0 Å². The Kier molecular flexibility index (Phi) is 25.6. The van der Waals surface area contributed by atoms with Crippen LogP contribution < -0.4 is 0 Å². The van der Waals surface area contributed by atoms with Crippen LogP contribution in [0.1, 0.15) is 149 Å². The number of carbonyl (C=O) groups excluding carboxylic acids is 2. The van der Waals surface area contributed by atoms with Crippen LogP contribution >= 0.6 is 0 Å². The topological polar surface area (TPSA) is 52.6 Å². The monoisotopic (exact) mass is 454 g/mol. The smallest absolute Gasteiger partial charge is 0.305 e. The second kappa shape index (κ2) is 26.4. The van der Waals surface area contributed by atoms with Gasteiger partial charge in [-0.3, -0.25) is 9.59 Å². The second-order valence-corrected chi connectivity index (χ2v) is 9.32. The number of ketones is 1. The lowest BCUT2D eigenvalue weighted by molar-refractivity contribution is -0.145. The van der Waals surface area contributed by atoms with Gasteiger partial charge in [-0.25, -0.2) is 0 Å². The Hall–Kier alpha value is -0.900. The van der Waals surface area contributed by atoms with Gasteiger partial charge in [-0.1, -0.05) is 123 Å². The predicted molar refractivity (Wildman–Crippen MR) is 135 cm³/mol. The number of ether oxygens (including phenoxy) is 2. The molecule has 0 amide bonds. The van der Waals surface area contributed by atoms with Crippen LogP contribution in [0.15, 0.2) is 0 Å². The van der Waals surface area contributed by atoms with E-state index in [-0.39, 0.29) is 25.0 Å². The Bertz CT molecular complexity index is 408. The summed E-state index contributed by atoms with van der Waals surface area (Å²) < 4.78 is 10.4. The highest BCUT2D eigenvalue weighted by molar-refractivity contribution is 5.79. The highest BCUT2D eigenvalue weighted by Gasteiger charge is 2.04. The summed E-state index contributed by atoms with van der Waals surface area (Å²) in [5.41, 5.74) is 0. The van der Waals surface area contributed by atoms with Crippen molar-refractivity contribution in [3.05, 3.63) is 0 Å². The number of hydrogen-bond acceptors (Lipinski definition) is 4. The van der Waals surface area contributed by atoms with Gasteiger partial charge in [-0.15, -0.1) is 0 Å². The van der Waals surface area contributed by atoms with Gasteiger partial charge >= 0.3 is 5.97 Å². The molecule has 0 radical (unpaired) electrons. The maximum atomic E-state index is 11.8. The zero-order chi connectivity index (χ0) is 23.5. The van der Waals surface area contributed by atoms with Crippen LogP contribution in [-0.2, 0) is 19.1 Å². The van der Waals surface area contributed by atoms with Crippen LogP contribution in [0.25, 0.3) is 0 Å². The molecular weight excluding hydrogens is 400 g/mol. The van der Waals surface area contributed by atoms with Crippen LogP contribution in [0, 0.1) is 0 Å². The Balaban J connectivity index is 3.21. The average Bonchev–Trinajstić information content (AvgIpc) is 2.78. The predicted octanol–water partition coefficient (Wildman–Crippen LogP) is 8.35. The van der Waals surface area contributed by atoms with Crippen molar-refractivity contribution in [1.82, 2.24) is 0 Å². The summed E-state index contributed by atoms with van der Waals surface area (Å²) in [4.78, 5) is 23.3. The van der Waals surface area contributed by atoms with Gasteiger partial charge in [0.05, 0.1) is 6.61 Å². The summed E-state index contributed by atoms with van der Waals surface area (Å²) in [5.74, 6) is -0.00817. The fourth-order valence-corrected chi connectivity index (χ4v) is 3.93. The molecule has 0 aromatic carbocycles. The standard InChI is InChI=1S/C28H54O4/c1-3-5-7-8-9-10-11-12-13-14-15-16-17-18-19-21-22-27(29)26-31-24-25-32-28(30)23-20-6-4-2/h3-26H2,1-2H3. The fourth-order valence-electron chi connectivity index (χ4n) is 3.93. The van der Waals surface area contributed by atoms with Gasteiger partial charge in [0.1, 0.15) is 13.2 Å². The summed E-state index contributed by atoms with van der Waals surface area (Å²) in [6, 6.07) is 0. The van der Waals surface area contributed by atoms with Crippen LogP contribution in [0.4, 0.5) is 0 Å². The molecule has 190 valence electrons. The maximum Gasteiger partial charge on any atom is 0.305 e. The molecule has 0 saturated carbocycles. The van der Waals surface area contributed by atoms with E-state index in [0.717, 1.165) is 32.1 Å². The van der Waals surface area contributed by atoms with Gasteiger partial charge in [0.25, 0.3) is 0 Å². The van der Waals surface area contributed by atoms with E-state index >= 15 is 0 Å². The minimum absolute atomic E-state index is 0.145. The molecule has 0 aromatic heterocycles. The van der Waals surface area contributed by atoms with E-state index < -0.39 is 0 Å². The molecule has 0 heterocycles. The third kappa shape index (κ3) is 25.4. The Labute approximate surface area is 199 Å². The molecule has 32 heavy (non-hydrogen) atoms. The average molecular weight is 455 g/mol. The zero-order valence-electron chi connectivity index (χ0n) is 21.6. The van der Waals surface area contributed by atoms with Gasteiger partial charge < -0.3 is 9.47 Å². The maximum absolute atomic E-state index is 11.8. The Morgan fingerprint density at radius 1 is 0.500 bits per heavy atom. The molecule has 0 aliphatic rings. The summed E-state index contributed by atoms with van der Waals surface area (Å²) in [5, 5.41) is 0. The minimum atomic E-state index is -0.165. The normalized spacial score (nSPS) is 11.1. The first-order valence-electron chi connectivity index (χ1n) is 14.0. The Morgan fingerprint density at radius 3 is 1.41 bits per heavy atom. The molecule has 0 N–H and O–H groups in total. The van der Waals surface area contributed by atoms with Crippen LogP contribution in [0.2, 0.25) is 0 Å². The molecule has 0 bridgehead atoms. The molecule has 4 heteroatoms. The number of esters is 1. The van der Waals surface area contributed by atoms with E-state index in [0.29, 0.717) is 19.4 Å². The first-order chi connectivity index (χ1) is 15.7. The fraction of sp³-hybridized carbons (Fsp3) is 0.929. The first-order valence-corrected chi connectivity index (χ1v) is 14.0. The van der Waals surface area contributed by atoms with Crippen molar-refractivity contribution in [1.29, 1.82) is 0 Å². The van der Waals surface area contributed by atoms with Crippen LogP contribution in [0.5, 0.6) is 0 Å². The highest BCUT2D eigenvalue weighted by atomic mass is 16.6. The molecule has 4 nitrogen and oxygen atoms in total. The summed E-state index contributed by atoms with van der Waals surface area (Å²) in [6.45, 7) is 5.09.